The number of aromatic nitrogens is 1. The van der Waals surface area contributed by atoms with E-state index in [1.165, 1.54) is 0 Å². The highest BCUT2D eigenvalue weighted by Gasteiger charge is 1.97. The van der Waals surface area contributed by atoms with Crippen LogP contribution in [0, 0.1) is 0 Å². The van der Waals surface area contributed by atoms with Gasteiger partial charge in [-0.25, -0.2) is 0 Å². The van der Waals surface area contributed by atoms with Crippen LogP contribution >= 0.6 is 23.2 Å². The van der Waals surface area contributed by atoms with Crippen molar-refractivity contribution in [3.8, 4) is 0 Å². The smallest absolute Gasteiger partial charge is 0.0648 e. The predicted molar refractivity (Wildman–Crippen MR) is 47.8 cm³/mol. The zero-order valence-corrected chi connectivity index (χ0v) is 7.36. The summed E-state index contributed by atoms with van der Waals surface area (Å²) in [4.78, 5) is 4.13. The van der Waals surface area contributed by atoms with Crippen molar-refractivity contribution in [2.75, 3.05) is 5.73 Å². The lowest BCUT2D eigenvalue weighted by Gasteiger charge is -2.00. The van der Waals surface area contributed by atoms with Gasteiger partial charge in [0, 0.05) is 5.69 Å². The van der Waals surface area contributed by atoms with Crippen LogP contribution in [0.2, 0.25) is 0 Å². The van der Waals surface area contributed by atoms with Crippen LogP contribution in [-0.4, -0.2) is 4.98 Å². The van der Waals surface area contributed by atoms with E-state index in [1.807, 2.05) is 0 Å². The van der Waals surface area contributed by atoms with Crippen LogP contribution in [0.25, 0.3) is 0 Å². The van der Waals surface area contributed by atoms with Gasteiger partial charge < -0.3 is 5.73 Å². The Balaban J connectivity index is 3.02. The molecule has 0 bridgehead atoms. The molecular weight excluding hydrogens is 183 g/mol. The molecule has 4 heteroatoms. The summed E-state index contributed by atoms with van der Waals surface area (Å²) in [6, 6.07) is 3.48. The summed E-state index contributed by atoms with van der Waals surface area (Å²) in [6.07, 6.45) is 0. The van der Waals surface area contributed by atoms with Gasteiger partial charge >= 0.3 is 0 Å². The first kappa shape index (κ1) is 8.62. The van der Waals surface area contributed by atoms with E-state index in [-0.39, 0.29) is 0 Å². The van der Waals surface area contributed by atoms with Crippen LogP contribution in [0.5, 0.6) is 0 Å². The van der Waals surface area contributed by atoms with Crippen molar-refractivity contribution in [2.45, 2.75) is 11.8 Å². The van der Waals surface area contributed by atoms with E-state index >= 15 is 0 Å². The molecule has 0 radical (unpaired) electrons. The fourth-order valence-electron chi connectivity index (χ4n) is 0.812. The van der Waals surface area contributed by atoms with E-state index in [0.29, 0.717) is 17.4 Å². The molecule has 1 aromatic rings. The second-order valence-electron chi connectivity index (χ2n) is 2.15. The zero-order valence-electron chi connectivity index (χ0n) is 5.85. The molecule has 0 aliphatic carbocycles. The van der Waals surface area contributed by atoms with Gasteiger partial charge in [-0.15, -0.1) is 23.2 Å². The van der Waals surface area contributed by atoms with Gasteiger partial charge in [0.2, 0.25) is 0 Å². The standard InChI is InChI=1S/C7H8Cl2N2/c8-3-6-1-5(10)2-7(4-9)11-6/h1-2H,3-4H2,(H2,10,11). The maximum atomic E-state index is 5.57. The SMILES string of the molecule is Nc1cc(CCl)nc(CCl)c1. The summed E-state index contributed by atoms with van der Waals surface area (Å²) >= 11 is 11.1. The van der Waals surface area contributed by atoms with Crippen LogP contribution in [-0.2, 0) is 11.8 Å². The number of hydrogen-bond acceptors (Lipinski definition) is 2. The molecule has 0 saturated carbocycles. The minimum absolute atomic E-state index is 0.370. The first-order valence-electron chi connectivity index (χ1n) is 3.13. The zero-order chi connectivity index (χ0) is 8.27. The van der Waals surface area contributed by atoms with Crippen LogP contribution in [0.4, 0.5) is 5.69 Å². The molecule has 0 amide bonds. The average Bonchev–Trinajstić information content (AvgIpc) is 2.03. The molecular formula is C7H8Cl2N2. The number of pyridine rings is 1. The number of hydrogen-bond donors (Lipinski definition) is 1. The summed E-state index contributed by atoms with van der Waals surface area (Å²) < 4.78 is 0. The van der Waals surface area contributed by atoms with Crippen molar-refractivity contribution in [1.29, 1.82) is 0 Å². The Hall–Kier alpha value is -0.470. The molecule has 0 spiro atoms. The van der Waals surface area contributed by atoms with Crippen molar-refractivity contribution in [2.24, 2.45) is 0 Å². The lowest BCUT2D eigenvalue weighted by molar-refractivity contribution is 1.09. The highest BCUT2D eigenvalue weighted by Crippen LogP contribution is 2.11. The van der Waals surface area contributed by atoms with Crippen molar-refractivity contribution in [3.05, 3.63) is 23.5 Å². The predicted octanol–water partition coefficient (Wildman–Crippen LogP) is 2.14. The normalized spacial score (nSPS) is 10.0. The van der Waals surface area contributed by atoms with Crippen molar-refractivity contribution in [3.63, 3.8) is 0 Å². The molecule has 1 heterocycles. The Morgan fingerprint density at radius 3 is 2.00 bits per heavy atom. The number of nitrogens with two attached hydrogens (primary N) is 1. The molecule has 60 valence electrons. The maximum absolute atomic E-state index is 5.57. The third kappa shape index (κ3) is 2.24. The van der Waals surface area contributed by atoms with Crippen molar-refractivity contribution < 1.29 is 0 Å². The number of anilines is 1. The van der Waals surface area contributed by atoms with Crippen LogP contribution in [0.1, 0.15) is 11.4 Å². The van der Waals surface area contributed by atoms with E-state index in [0.717, 1.165) is 11.4 Å². The lowest BCUT2D eigenvalue weighted by atomic mass is 10.3. The monoisotopic (exact) mass is 190 g/mol. The summed E-state index contributed by atoms with van der Waals surface area (Å²) in [6.45, 7) is 0. The number of halogens is 2. The number of nitrogen functional groups attached to an aromatic ring is 1. The molecule has 0 atom stereocenters. The highest BCUT2D eigenvalue weighted by molar-refractivity contribution is 6.17. The number of alkyl halides is 2. The minimum Gasteiger partial charge on any atom is -0.399 e. The van der Waals surface area contributed by atoms with E-state index in [1.54, 1.807) is 12.1 Å². The summed E-state index contributed by atoms with van der Waals surface area (Å²) in [5.74, 6) is 0.740. The van der Waals surface area contributed by atoms with Crippen molar-refractivity contribution >= 4 is 28.9 Å². The molecule has 11 heavy (non-hydrogen) atoms. The van der Waals surface area contributed by atoms with Gasteiger partial charge in [0.1, 0.15) is 0 Å². The molecule has 0 aliphatic heterocycles. The Morgan fingerprint density at radius 2 is 1.64 bits per heavy atom. The molecule has 0 saturated heterocycles. The first-order valence-corrected chi connectivity index (χ1v) is 4.20. The highest BCUT2D eigenvalue weighted by atomic mass is 35.5. The molecule has 0 unspecified atom stereocenters. The quantitative estimate of drug-likeness (QED) is 0.727. The van der Waals surface area contributed by atoms with Crippen LogP contribution in [0.3, 0.4) is 0 Å². The first-order chi connectivity index (χ1) is 5.26. The van der Waals surface area contributed by atoms with Gasteiger partial charge in [0.05, 0.1) is 23.1 Å². The second kappa shape index (κ2) is 3.79. The summed E-state index contributed by atoms with van der Waals surface area (Å²) in [7, 11) is 0. The van der Waals surface area contributed by atoms with E-state index in [9.17, 15) is 0 Å². The van der Waals surface area contributed by atoms with Crippen LogP contribution in [0.15, 0.2) is 12.1 Å². The molecule has 2 nitrogen and oxygen atoms in total. The van der Waals surface area contributed by atoms with Gasteiger partial charge in [-0.2, -0.15) is 0 Å². The Kier molecular flexibility index (Phi) is 2.97. The van der Waals surface area contributed by atoms with Gasteiger partial charge in [-0.1, -0.05) is 0 Å². The molecule has 2 N–H and O–H groups in total. The third-order valence-corrected chi connectivity index (χ3v) is 1.78. The topological polar surface area (TPSA) is 38.9 Å². The molecule has 1 aromatic heterocycles. The van der Waals surface area contributed by atoms with Gasteiger partial charge in [0.15, 0.2) is 0 Å². The van der Waals surface area contributed by atoms with E-state index in [4.69, 9.17) is 28.9 Å². The number of nitrogens with zero attached hydrogens (tertiary/aromatic N) is 1. The molecule has 1 rings (SSSR count). The van der Waals surface area contributed by atoms with Crippen LogP contribution < -0.4 is 5.73 Å². The Bertz CT molecular complexity index is 228. The summed E-state index contributed by atoms with van der Waals surface area (Å²) in [5, 5.41) is 0. The fourth-order valence-corrected chi connectivity index (χ4v) is 1.09. The van der Waals surface area contributed by atoms with E-state index < -0.39 is 0 Å². The lowest BCUT2D eigenvalue weighted by Crippen LogP contribution is -1.95. The third-order valence-electron chi connectivity index (χ3n) is 1.23. The molecule has 0 fully saturated rings. The minimum atomic E-state index is 0.370. The van der Waals surface area contributed by atoms with Crippen molar-refractivity contribution in [1.82, 2.24) is 4.98 Å². The molecule has 0 aliphatic rings. The largest absolute Gasteiger partial charge is 0.399 e. The fraction of sp³-hybridized carbons (Fsp3) is 0.286. The van der Waals surface area contributed by atoms with Gasteiger partial charge in [0.25, 0.3) is 0 Å². The van der Waals surface area contributed by atoms with Gasteiger partial charge in [-0.3, -0.25) is 4.98 Å². The average molecular weight is 191 g/mol. The van der Waals surface area contributed by atoms with Gasteiger partial charge in [-0.05, 0) is 12.1 Å². The number of rotatable bonds is 2. The summed E-state index contributed by atoms with van der Waals surface area (Å²) in [5.41, 5.74) is 7.74. The Labute approximate surface area is 75.3 Å². The second-order valence-corrected chi connectivity index (χ2v) is 2.68. The molecule has 0 aromatic carbocycles. The maximum Gasteiger partial charge on any atom is 0.0648 e. The Morgan fingerprint density at radius 1 is 1.18 bits per heavy atom. The van der Waals surface area contributed by atoms with E-state index in [2.05, 4.69) is 4.98 Å².